The Morgan fingerprint density at radius 2 is 1.18 bits per heavy atom. The largest absolute Gasteiger partial charge is 0.397 e. The lowest BCUT2D eigenvalue weighted by Gasteiger charge is -2.41. The van der Waals surface area contributed by atoms with Gasteiger partial charge in [0.05, 0.1) is 25.4 Å². The second kappa shape index (κ2) is 32.7. The van der Waals surface area contributed by atoms with Crippen molar-refractivity contribution in [1.29, 1.82) is 0 Å². The molecular formula is C41H79NO12S. The third-order valence-corrected chi connectivity index (χ3v) is 10.9. The minimum absolute atomic E-state index is 0.246. The molecule has 7 N–H and O–H groups in total. The van der Waals surface area contributed by atoms with Gasteiger partial charge in [-0.1, -0.05) is 174 Å². The number of hydrogen-bond donors (Lipinski definition) is 7. The van der Waals surface area contributed by atoms with Crippen LogP contribution in [0, 0.1) is 0 Å². The molecule has 1 amide bonds. The molecule has 326 valence electrons. The lowest BCUT2D eigenvalue weighted by Crippen LogP contribution is -2.61. The molecule has 1 fully saturated rings. The van der Waals surface area contributed by atoms with Crippen molar-refractivity contribution < 1.29 is 57.0 Å². The first kappa shape index (κ1) is 51.8. The number of nitrogens with one attached hydrogen (secondary N) is 1. The van der Waals surface area contributed by atoms with E-state index in [1.807, 2.05) is 6.08 Å². The summed E-state index contributed by atoms with van der Waals surface area (Å²) in [6.45, 7) is 3.18. The van der Waals surface area contributed by atoms with Gasteiger partial charge in [-0.05, 0) is 19.3 Å². The van der Waals surface area contributed by atoms with Crippen LogP contribution >= 0.6 is 0 Å². The van der Waals surface area contributed by atoms with Gasteiger partial charge in [-0.15, -0.1) is 0 Å². The second-order valence-corrected chi connectivity index (χ2v) is 16.5. The van der Waals surface area contributed by atoms with Crippen LogP contribution in [0.25, 0.3) is 0 Å². The first-order valence-electron chi connectivity index (χ1n) is 21.7. The Bertz CT molecular complexity index is 1060. The van der Waals surface area contributed by atoms with Crippen LogP contribution in [0.2, 0.25) is 0 Å². The SMILES string of the molecule is CCCCCCCCCCCCCCCC/C=C/C(O)C(COC1OC(CO)C(O)C(OS(=O)(=O)O)C1O)NC(=O)C(O)CCCCCCCCCCCC. The van der Waals surface area contributed by atoms with E-state index in [1.54, 1.807) is 0 Å². The molecule has 1 aliphatic heterocycles. The van der Waals surface area contributed by atoms with Crippen molar-refractivity contribution in [3.05, 3.63) is 12.2 Å². The number of carbonyl (C=O) groups excluding carboxylic acids is 1. The third-order valence-electron chi connectivity index (χ3n) is 10.4. The molecule has 13 nitrogen and oxygen atoms in total. The molecule has 1 saturated heterocycles. The van der Waals surface area contributed by atoms with Gasteiger partial charge in [0.1, 0.15) is 30.5 Å². The van der Waals surface area contributed by atoms with Crippen LogP contribution in [0.15, 0.2) is 12.2 Å². The van der Waals surface area contributed by atoms with E-state index in [1.165, 1.54) is 115 Å². The highest BCUT2D eigenvalue weighted by Crippen LogP contribution is 2.26. The van der Waals surface area contributed by atoms with Crippen molar-refractivity contribution >= 4 is 16.3 Å². The summed E-state index contributed by atoms with van der Waals surface area (Å²) >= 11 is 0. The van der Waals surface area contributed by atoms with Gasteiger partial charge in [0.2, 0.25) is 5.91 Å². The van der Waals surface area contributed by atoms with Gasteiger partial charge in [0.15, 0.2) is 6.29 Å². The Morgan fingerprint density at radius 3 is 1.64 bits per heavy atom. The highest BCUT2D eigenvalue weighted by molar-refractivity contribution is 7.80. The van der Waals surface area contributed by atoms with Gasteiger partial charge in [0, 0.05) is 0 Å². The molecule has 0 saturated carbocycles. The summed E-state index contributed by atoms with van der Waals surface area (Å²) in [5, 5.41) is 55.0. The lowest BCUT2D eigenvalue weighted by molar-refractivity contribution is -0.298. The molecule has 0 spiro atoms. The van der Waals surface area contributed by atoms with Gasteiger partial charge in [0.25, 0.3) is 0 Å². The van der Waals surface area contributed by atoms with Crippen LogP contribution in [0.5, 0.6) is 0 Å². The first-order chi connectivity index (χ1) is 26.4. The van der Waals surface area contributed by atoms with Crippen LogP contribution < -0.4 is 5.32 Å². The summed E-state index contributed by atoms with van der Waals surface area (Å²) in [5.74, 6) is -0.703. The molecule has 0 aromatic carbocycles. The minimum atomic E-state index is -5.11. The average molecular weight is 810 g/mol. The molecule has 14 heteroatoms. The number of rotatable bonds is 36. The number of hydrogen-bond acceptors (Lipinski definition) is 11. The average Bonchev–Trinajstić information content (AvgIpc) is 3.15. The van der Waals surface area contributed by atoms with E-state index >= 15 is 0 Å². The van der Waals surface area contributed by atoms with Crippen molar-refractivity contribution in [1.82, 2.24) is 5.32 Å². The van der Waals surface area contributed by atoms with E-state index in [9.17, 15) is 38.7 Å². The monoisotopic (exact) mass is 810 g/mol. The van der Waals surface area contributed by atoms with Crippen molar-refractivity contribution in [3.8, 4) is 0 Å². The van der Waals surface area contributed by atoms with Gasteiger partial charge in [-0.2, -0.15) is 8.42 Å². The molecule has 0 aromatic rings. The zero-order valence-electron chi connectivity index (χ0n) is 34.1. The maximum Gasteiger partial charge on any atom is 0.397 e. The number of carbonyl (C=O) groups is 1. The Morgan fingerprint density at radius 1 is 0.727 bits per heavy atom. The standard InChI is InChI=1S/C41H79NO12S/c1-3-5-7-9-11-13-15-16-17-18-19-20-22-23-25-27-29-34(44)33(42-40(48)35(45)30-28-26-24-21-14-12-10-8-6-4-2)32-52-41-38(47)39(54-55(49,50)51)37(46)36(31-43)53-41/h27,29,33-39,41,43-47H,3-26,28,30-32H2,1-2H3,(H,42,48)(H,49,50,51)/b29-27+. The third kappa shape index (κ3) is 25.7. The highest BCUT2D eigenvalue weighted by Gasteiger charge is 2.48. The van der Waals surface area contributed by atoms with Crippen LogP contribution in [0.4, 0.5) is 0 Å². The number of allylic oxidation sites excluding steroid dienone is 1. The van der Waals surface area contributed by atoms with E-state index in [-0.39, 0.29) is 6.42 Å². The zero-order valence-corrected chi connectivity index (χ0v) is 34.9. The maximum absolute atomic E-state index is 13.0. The summed E-state index contributed by atoms with van der Waals surface area (Å²) in [4.78, 5) is 13.0. The van der Waals surface area contributed by atoms with Crippen LogP contribution in [-0.2, 0) is 28.9 Å². The van der Waals surface area contributed by atoms with Crippen LogP contribution in [0.3, 0.4) is 0 Å². The Balaban J connectivity index is 2.63. The molecule has 0 radical (unpaired) electrons. The molecular weight excluding hydrogens is 731 g/mol. The van der Waals surface area contributed by atoms with E-state index in [4.69, 9.17) is 14.0 Å². The van der Waals surface area contributed by atoms with E-state index in [2.05, 4.69) is 23.3 Å². The van der Waals surface area contributed by atoms with Crippen molar-refractivity contribution in [2.45, 2.75) is 230 Å². The topological polar surface area (TPSA) is 212 Å². The summed E-state index contributed by atoms with van der Waals surface area (Å²) in [6.07, 6.45) is 21.6. The zero-order chi connectivity index (χ0) is 40.7. The minimum Gasteiger partial charge on any atom is -0.394 e. The summed E-state index contributed by atoms with van der Waals surface area (Å²) in [5.41, 5.74) is 0. The summed E-state index contributed by atoms with van der Waals surface area (Å²) in [7, 11) is -5.11. The fourth-order valence-corrected chi connectivity index (χ4v) is 7.44. The lowest BCUT2D eigenvalue weighted by atomic mass is 9.99. The molecule has 0 aliphatic carbocycles. The Labute approximate surface area is 333 Å². The van der Waals surface area contributed by atoms with Crippen molar-refractivity contribution in [2.24, 2.45) is 0 Å². The first-order valence-corrected chi connectivity index (χ1v) is 23.0. The van der Waals surface area contributed by atoms with Crippen LogP contribution in [0.1, 0.15) is 181 Å². The quantitative estimate of drug-likeness (QED) is 0.0203. The summed E-state index contributed by atoms with van der Waals surface area (Å²) in [6, 6.07) is -1.11. The second-order valence-electron chi connectivity index (χ2n) is 15.4. The number of ether oxygens (including phenoxy) is 2. The number of aliphatic hydroxyl groups is 5. The number of aliphatic hydroxyl groups excluding tert-OH is 5. The fourth-order valence-electron chi connectivity index (χ4n) is 6.93. The normalized spacial score (nSPS) is 22.2. The van der Waals surface area contributed by atoms with Gasteiger partial charge >= 0.3 is 10.4 Å². The maximum atomic E-state index is 13.0. The predicted octanol–water partition coefficient (Wildman–Crippen LogP) is 6.58. The van der Waals surface area contributed by atoms with Crippen LogP contribution in [-0.4, -0.2) is 107 Å². The number of unbranched alkanes of at least 4 members (excludes halogenated alkanes) is 23. The fraction of sp³-hybridized carbons (Fsp3) is 0.927. The molecule has 1 aliphatic rings. The van der Waals surface area contributed by atoms with E-state index in [0.29, 0.717) is 12.8 Å². The predicted molar refractivity (Wildman–Crippen MR) is 215 cm³/mol. The van der Waals surface area contributed by atoms with Crippen molar-refractivity contribution in [3.63, 3.8) is 0 Å². The van der Waals surface area contributed by atoms with Gasteiger partial charge < -0.3 is 40.3 Å². The van der Waals surface area contributed by atoms with E-state index < -0.39 is 78.5 Å². The Hall–Kier alpha value is -1.20. The molecule has 8 atom stereocenters. The van der Waals surface area contributed by atoms with Gasteiger partial charge in [-0.25, -0.2) is 4.18 Å². The van der Waals surface area contributed by atoms with Crippen molar-refractivity contribution in [2.75, 3.05) is 13.2 Å². The molecule has 1 rings (SSSR count). The smallest absolute Gasteiger partial charge is 0.394 e. The summed E-state index contributed by atoms with van der Waals surface area (Å²) < 4.78 is 47.4. The van der Waals surface area contributed by atoms with Gasteiger partial charge in [-0.3, -0.25) is 9.35 Å². The molecule has 0 bridgehead atoms. The molecule has 8 unspecified atom stereocenters. The highest BCUT2D eigenvalue weighted by atomic mass is 32.3. The Kier molecular flexibility index (Phi) is 30.8. The molecule has 55 heavy (non-hydrogen) atoms. The van der Waals surface area contributed by atoms with E-state index in [0.717, 1.165) is 38.5 Å². The number of amides is 1. The molecule has 1 heterocycles. The molecule has 0 aromatic heterocycles.